The molecule has 0 aromatic carbocycles. The van der Waals surface area contributed by atoms with E-state index in [1.54, 1.807) is 32.1 Å². The minimum atomic E-state index is 0.591. The average molecular weight is 411 g/mol. The van der Waals surface area contributed by atoms with E-state index in [-0.39, 0.29) is 0 Å². The topological polar surface area (TPSA) is 0 Å². The molecule has 0 heterocycles. The van der Waals surface area contributed by atoms with Crippen LogP contribution in [0.3, 0.4) is 0 Å². The molecule has 0 aromatic rings. The lowest BCUT2D eigenvalue weighted by atomic mass is 9.42. The van der Waals surface area contributed by atoms with Crippen LogP contribution in [0.15, 0.2) is 11.6 Å². The molecule has 0 heteroatoms. The molecule has 5 saturated carbocycles. The molecule has 30 heavy (non-hydrogen) atoms. The summed E-state index contributed by atoms with van der Waals surface area (Å²) < 4.78 is 0. The van der Waals surface area contributed by atoms with Gasteiger partial charge in [0.15, 0.2) is 0 Å². The summed E-state index contributed by atoms with van der Waals surface area (Å²) in [6.45, 7) is 17.9. The highest BCUT2D eigenvalue weighted by Gasteiger charge is 2.81. The maximum Gasteiger partial charge on any atom is -0.0198 e. The van der Waals surface area contributed by atoms with Crippen molar-refractivity contribution in [1.82, 2.24) is 0 Å². The maximum atomic E-state index is 2.79. The SMILES string of the molecule is CC(C)=CCCC(C)C1CCC2(C)C3CCC4C(C)(C)CCCC45CC35CCC12C. The van der Waals surface area contributed by atoms with Crippen LogP contribution >= 0.6 is 0 Å². The molecule has 0 aromatic heterocycles. The fourth-order valence-electron chi connectivity index (χ4n) is 11.2. The summed E-state index contributed by atoms with van der Waals surface area (Å²) in [4.78, 5) is 0. The molecule has 0 amide bonds. The standard InChI is InChI=1S/C30H50/c1-21(2)10-8-11-22(3)23-14-17-28(7)25-13-12-24-26(4,5)15-9-16-29(24)20-30(25,29)19-18-27(23,28)6/h10,22-25H,8-9,11-20H2,1-7H3. The fraction of sp³-hybridized carbons (Fsp3) is 0.933. The Morgan fingerprint density at radius 1 is 0.833 bits per heavy atom. The highest BCUT2D eigenvalue weighted by Crippen LogP contribution is 2.89. The Balaban J connectivity index is 1.40. The Morgan fingerprint density at radius 3 is 2.27 bits per heavy atom. The molecule has 8 unspecified atom stereocenters. The third kappa shape index (κ3) is 2.58. The minimum absolute atomic E-state index is 0.591. The summed E-state index contributed by atoms with van der Waals surface area (Å²) in [5, 5.41) is 0. The first kappa shape index (κ1) is 21.6. The van der Waals surface area contributed by atoms with E-state index >= 15 is 0 Å². The van der Waals surface area contributed by atoms with Gasteiger partial charge >= 0.3 is 0 Å². The molecule has 0 nitrogen and oxygen atoms in total. The molecule has 170 valence electrons. The molecule has 5 rings (SSSR count). The van der Waals surface area contributed by atoms with Crippen molar-refractivity contribution in [3.8, 4) is 0 Å². The highest BCUT2D eigenvalue weighted by atomic mass is 14.9. The molecular weight excluding hydrogens is 360 g/mol. The molecule has 5 aliphatic carbocycles. The highest BCUT2D eigenvalue weighted by molar-refractivity contribution is 5.30. The van der Waals surface area contributed by atoms with Gasteiger partial charge in [0.25, 0.3) is 0 Å². The van der Waals surface area contributed by atoms with E-state index in [1.807, 2.05) is 0 Å². The third-order valence-corrected chi connectivity index (χ3v) is 12.8. The second-order valence-corrected chi connectivity index (χ2v) is 14.3. The molecule has 2 spiro atoms. The molecule has 0 N–H and O–H groups in total. The van der Waals surface area contributed by atoms with Crippen molar-refractivity contribution in [2.24, 2.45) is 50.7 Å². The van der Waals surface area contributed by atoms with Gasteiger partial charge in [-0.1, -0.05) is 52.7 Å². The zero-order valence-corrected chi connectivity index (χ0v) is 21.4. The van der Waals surface area contributed by atoms with Gasteiger partial charge in [0.05, 0.1) is 0 Å². The lowest BCUT2D eigenvalue weighted by molar-refractivity contribution is -0.142. The van der Waals surface area contributed by atoms with Crippen molar-refractivity contribution < 1.29 is 0 Å². The van der Waals surface area contributed by atoms with Crippen LogP contribution in [0, 0.1) is 50.7 Å². The van der Waals surface area contributed by atoms with Gasteiger partial charge in [0.2, 0.25) is 0 Å². The molecule has 0 bridgehead atoms. The Bertz CT molecular complexity index is 724. The Morgan fingerprint density at radius 2 is 1.53 bits per heavy atom. The van der Waals surface area contributed by atoms with Crippen LogP contribution in [0.5, 0.6) is 0 Å². The Labute approximate surface area is 188 Å². The smallest absolute Gasteiger partial charge is 0.0198 e. The number of rotatable bonds is 4. The normalized spacial score (nSPS) is 51.8. The van der Waals surface area contributed by atoms with Crippen LogP contribution in [0.4, 0.5) is 0 Å². The Hall–Kier alpha value is -0.260. The van der Waals surface area contributed by atoms with E-state index in [9.17, 15) is 0 Å². The Kier molecular flexibility index (Phi) is 4.77. The van der Waals surface area contributed by atoms with E-state index < -0.39 is 0 Å². The third-order valence-electron chi connectivity index (χ3n) is 12.8. The van der Waals surface area contributed by atoms with Crippen LogP contribution in [0.25, 0.3) is 0 Å². The zero-order valence-electron chi connectivity index (χ0n) is 21.4. The van der Waals surface area contributed by atoms with E-state index in [0.717, 1.165) is 34.5 Å². The largest absolute Gasteiger partial charge is 0.0859 e. The summed E-state index contributed by atoms with van der Waals surface area (Å²) in [5.74, 6) is 3.91. The predicted molar refractivity (Wildman–Crippen MR) is 129 cm³/mol. The van der Waals surface area contributed by atoms with Crippen molar-refractivity contribution in [3.05, 3.63) is 11.6 Å². The number of hydrogen-bond donors (Lipinski definition) is 0. The molecule has 5 fully saturated rings. The average Bonchev–Trinajstić information content (AvgIpc) is 3.23. The molecule has 8 atom stereocenters. The van der Waals surface area contributed by atoms with Crippen molar-refractivity contribution in [1.29, 1.82) is 0 Å². The van der Waals surface area contributed by atoms with E-state index in [0.29, 0.717) is 16.2 Å². The van der Waals surface area contributed by atoms with Gasteiger partial charge in [-0.3, -0.25) is 0 Å². The first-order valence-corrected chi connectivity index (χ1v) is 13.7. The summed E-state index contributed by atoms with van der Waals surface area (Å²) in [7, 11) is 0. The summed E-state index contributed by atoms with van der Waals surface area (Å²) in [6, 6.07) is 0. The fourth-order valence-corrected chi connectivity index (χ4v) is 11.2. The van der Waals surface area contributed by atoms with Crippen LogP contribution in [0.1, 0.15) is 126 Å². The van der Waals surface area contributed by atoms with Crippen LogP contribution in [-0.4, -0.2) is 0 Å². The molecule has 0 aliphatic heterocycles. The second-order valence-electron chi connectivity index (χ2n) is 14.3. The van der Waals surface area contributed by atoms with E-state index in [4.69, 9.17) is 0 Å². The predicted octanol–water partition coefficient (Wildman–Crippen LogP) is 9.20. The number of hydrogen-bond acceptors (Lipinski definition) is 0. The monoisotopic (exact) mass is 410 g/mol. The van der Waals surface area contributed by atoms with Crippen molar-refractivity contribution in [3.63, 3.8) is 0 Å². The molecule has 5 aliphatic rings. The van der Waals surface area contributed by atoms with Crippen LogP contribution in [-0.2, 0) is 0 Å². The first-order chi connectivity index (χ1) is 14.0. The van der Waals surface area contributed by atoms with Crippen molar-refractivity contribution >= 4 is 0 Å². The zero-order chi connectivity index (χ0) is 21.6. The van der Waals surface area contributed by atoms with Crippen LogP contribution < -0.4 is 0 Å². The molecule has 0 saturated heterocycles. The first-order valence-electron chi connectivity index (χ1n) is 13.7. The van der Waals surface area contributed by atoms with E-state index in [2.05, 4.69) is 54.5 Å². The van der Waals surface area contributed by atoms with Gasteiger partial charge in [-0.25, -0.2) is 0 Å². The number of fused-ring (bicyclic) bond motifs is 2. The van der Waals surface area contributed by atoms with Gasteiger partial charge in [-0.15, -0.1) is 0 Å². The summed E-state index contributed by atoms with van der Waals surface area (Å²) >= 11 is 0. The van der Waals surface area contributed by atoms with Gasteiger partial charge in [0.1, 0.15) is 0 Å². The van der Waals surface area contributed by atoms with Gasteiger partial charge in [0, 0.05) is 0 Å². The molecular formula is C30H50. The van der Waals surface area contributed by atoms with Crippen molar-refractivity contribution in [2.45, 2.75) is 126 Å². The van der Waals surface area contributed by atoms with Gasteiger partial charge in [-0.2, -0.15) is 0 Å². The number of allylic oxidation sites excluding steroid dienone is 2. The summed E-state index contributed by atoms with van der Waals surface area (Å²) in [5.41, 5.74) is 4.81. The quantitative estimate of drug-likeness (QED) is 0.405. The van der Waals surface area contributed by atoms with E-state index in [1.165, 1.54) is 50.5 Å². The van der Waals surface area contributed by atoms with Gasteiger partial charge in [-0.05, 0) is 135 Å². The van der Waals surface area contributed by atoms with Gasteiger partial charge < -0.3 is 0 Å². The van der Waals surface area contributed by atoms with Crippen molar-refractivity contribution in [2.75, 3.05) is 0 Å². The minimum Gasteiger partial charge on any atom is -0.0859 e. The molecule has 0 radical (unpaired) electrons. The lowest BCUT2D eigenvalue weighted by Gasteiger charge is -2.63. The maximum absolute atomic E-state index is 2.79. The summed E-state index contributed by atoms with van der Waals surface area (Å²) in [6.07, 6.45) is 20.6. The van der Waals surface area contributed by atoms with Crippen LogP contribution in [0.2, 0.25) is 0 Å². The lowest BCUT2D eigenvalue weighted by Crippen LogP contribution is -2.56. The second kappa shape index (κ2) is 6.63.